The number of aromatic nitrogens is 1. The van der Waals surface area contributed by atoms with Crippen molar-refractivity contribution in [2.24, 2.45) is 0 Å². The lowest BCUT2D eigenvalue weighted by molar-refractivity contribution is 1.30. The zero-order chi connectivity index (χ0) is 41.0. The fourth-order valence-electron chi connectivity index (χ4n) is 9.71. The molecule has 12 aromatic rings. The minimum Gasteiger partial charge on any atom is -0.310 e. The van der Waals surface area contributed by atoms with Crippen molar-refractivity contribution in [3.63, 3.8) is 0 Å². The van der Waals surface area contributed by atoms with Crippen molar-refractivity contribution >= 4 is 65.9 Å². The van der Waals surface area contributed by atoms with Gasteiger partial charge in [-0.2, -0.15) is 0 Å². The Hall–Kier alpha value is -8.20. The van der Waals surface area contributed by atoms with Gasteiger partial charge in [-0.25, -0.2) is 0 Å². The van der Waals surface area contributed by atoms with Crippen molar-refractivity contribution in [1.29, 1.82) is 0 Å². The zero-order valence-corrected chi connectivity index (χ0v) is 34.0. The Morgan fingerprint density at radius 1 is 0.290 bits per heavy atom. The van der Waals surface area contributed by atoms with Gasteiger partial charge in [-0.15, -0.1) is 0 Å². The molecule has 12 rings (SSSR count). The number of rotatable bonds is 7. The molecule has 2 nitrogen and oxygen atoms in total. The Morgan fingerprint density at radius 2 is 0.758 bits per heavy atom. The molecule has 0 atom stereocenters. The molecule has 0 aliphatic rings. The first-order valence-electron chi connectivity index (χ1n) is 21.3. The molecule has 0 amide bonds. The van der Waals surface area contributed by atoms with Crippen LogP contribution >= 0.6 is 0 Å². The maximum Gasteiger partial charge on any atom is 0.0625 e. The molecule has 0 saturated carbocycles. The highest BCUT2D eigenvalue weighted by molar-refractivity contribution is 6.24. The quantitative estimate of drug-likeness (QED) is 0.146. The lowest BCUT2D eigenvalue weighted by Crippen LogP contribution is -2.10. The predicted molar refractivity (Wildman–Crippen MR) is 264 cm³/mol. The summed E-state index contributed by atoms with van der Waals surface area (Å²) >= 11 is 0. The van der Waals surface area contributed by atoms with E-state index in [0.29, 0.717) is 0 Å². The van der Waals surface area contributed by atoms with Crippen molar-refractivity contribution in [3.8, 4) is 44.5 Å². The van der Waals surface area contributed by atoms with Crippen LogP contribution in [0.2, 0.25) is 0 Å². The Morgan fingerprint density at radius 3 is 1.44 bits per heavy atom. The lowest BCUT2D eigenvalue weighted by atomic mass is 9.93. The number of anilines is 3. The maximum atomic E-state index is 2.49. The molecule has 0 N–H and O–H groups in total. The van der Waals surface area contributed by atoms with E-state index in [4.69, 9.17) is 0 Å². The number of benzene rings is 10. The van der Waals surface area contributed by atoms with Gasteiger partial charge < -0.3 is 9.30 Å². The molecule has 0 aliphatic heterocycles. The minimum atomic E-state index is 1.11. The fourth-order valence-corrected chi connectivity index (χ4v) is 9.71. The second-order valence-electron chi connectivity index (χ2n) is 16.1. The molecule has 0 unspecified atom stereocenters. The number of pyridine rings is 1. The summed E-state index contributed by atoms with van der Waals surface area (Å²) in [5.74, 6) is 0. The molecule has 10 aromatic carbocycles. The van der Waals surface area contributed by atoms with Crippen molar-refractivity contribution < 1.29 is 0 Å². The summed E-state index contributed by atoms with van der Waals surface area (Å²) in [5, 5.41) is 7.47. The molecular formula is C60H40N2. The molecular weight excluding hydrogens is 749 g/mol. The molecule has 0 aliphatic carbocycles. The molecule has 0 spiro atoms. The van der Waals surface area contributed by atoms with Gasteiger partial charge in [0.05, 0.1) is 22.2 Å². The maximum absolute atomic E-state index is 2.49. The normalized spacial score (nSPS) is 11.5. The minimum absolute atomic E-state index is 1.11. The average Bonchev–Trinajstić information content (AvgIpc) is 3.71. The van der Waals surface area contributed by atoms with Crippen molar-refractivity contribution in [3.05, 3.63) is 243 Å². The highest BCUT2D eigenvalue weighted by Gasteiger charge is 2.21. The van der Waals surface area contributed by atoms with E-state index >= 15 is 0 Å². The van der Waals surface area contributed by atoms with Gasteiger partial charge >= 0.3 is 0 Å². The number of para-hydroxylation sites is 1. The molecule has 62 heavy (non-hydrogen) atoms. The van der Waals surface area contributed by atoms with Gasteiger partial charge in [0.2, 0.25) is 0 Å². The monoisotopic (exact) mass is 788 g/mol. The van der Waals surface area contributed by atoms with Gasteiger partial charge in [-0.1, -0.05) is 200 Å². The second-order valence-corrected chi connectivity index (χ2v) is 16.1. The van der Waals surface area contributed by atoms with Crippen LogP contribution in [0.15, 0.2) is 243 Å². The molecule has 290 valence electrons. The fraction of sp³-hybridized carbons (Fsp3) is 0. The standard InChI is InChI=1S/C60H40N2/c1-3-15-41(16-4-1)43-33-37-48(38-34-43)61(55-27-13-20-45-17-7-8-21-50(45)55)49-39-35-44(36-40-49)42-29-31-46(32-30-42)51-25-14-28-57-59(51)52-22-9-10-23-53(52)60-58(47-18-5-2-6-19-47)54-24-11-12-26-56(54)62(57)60/h1-40H. The summed E-state index contributed by atoms with van der Waals surface area (Å²) in [6, 6.07) is 88.2. The van der Waals surface area contributed by atoms with Crippen LogP contribution in [0.1, 0.15) is 0 Å². The second kappa shape index (κ2) is 14.8. The Balaban J connectivity index is 0.945. The van der Waals surface area contributed by atoms with E-state index in [1.54, 1.807) is 0 Å². The highest BCUT2D eigenvalue weighted by atomic mass is 15.1. The Labute approximate surface area is 360 Å². The van der Waals surface area contributed by atoms with E-state index in [0.717, 1.165) is 17.1 Å². The van der Waals surface area contributed by atoms with E-state index in [1.165, 1.54) is 93.4 Å². The van der Waals surface area contributed by atoms with Crippen LogP contribution in [0.25, 0.3) is 93.4 Å². The van der Waals surface area contributed by atoms with E-state index in [9.17, 15) is 0 Å². The van der Waals surface area contributed by atoms with E-state index < -0.39 is 0 Å². The van der Waals surface area contributed by atoms with E-state index in [1.807, 2.05) is 0 Å². The summed E-state index contributed by atoms with van der Waals surface area (Å²) in [7, 11) is 0. The molecule has 0 fully saturated rings. The van der Waals surface area contributed by atoms with Crippen LogP contribution in [0.3, 0.4) is 0 Å². The SMILES string of the molecule is c1ccc(-c2ccc(N(c3ccc(-c4ccc(-c5cccc6c5c5ccccc5c5c(-c7ccccc7)c7ccccc7n65)cc4)cc3)c3cccc4ccccc34)cc2)cc1. The van der Waals surface area contributed by atoms with Crippen molar-refractivity contribution in [1.82, 2.24) is 4.40 Å². The average molecular weight is 789 g/mol. The van der Waals surface area contributed by atoms with Gasteiger partial charge in [-0.05, 0) is 92.2 Å². The van der Waals surface area contributed by atoms with E-state index in [-0.39, 0.29) is 0 Å². The summed E-state index contributed by atoms with van der Waals surface area (Å²) in [6.45, 7) is 0. The summed E-state index contributed by atoms with van der Waals surface area (Å²) in [6.07, 6.45) is 0. The van der Waals surface area contributed by atoms with E-state index in [2.05, 4.69) is 252 Å². The van der Waals surface area contributed by atoms with Crippen molar-refractivity contribution in [2.75, 3.05) is 4.90 Å². The number of nitrogens with zero attached hydrogens (tertiary/aromatic N) is 2. The third kappa shape index (κ3) is 5.88. The Bertz CT molecular complexity index is 3580. The van der Waals surface area contributed by atoms with Gasteiger partial charge in [0.15, 0.2) is 0 Å². The third-order valence-electron chi connectivity index (χ3n) is 12.6. The third-order valence-corrected chi connectivity index (χ3v) is 12.6. The van der Waals surface area contributed by atoms with Gasteiger partial charge in [0, 0.05) is 38.5 Å². The van der Waals surface area contributed by atoms with Crippen LogP contribution < -0.4 is 4.90 Å². The summed E-state index contributed by atoms with van der Waals surface area (Å²) in [4.78, 5) is 2.38. The van der Waals surface area contributed by atoms with Crippen LogP contribution in [0.4, 0.5) is 17.1 Å². The molecule has 2 aromatic heterocycles. The van der Waals surface area contributed by atoms with Crippen molar-refractivity contribution in [2.45, 2.75) is 0 Å². The molecule has 0 saturated heterocycles. The molecule has 2 heteroatoms. The molecule has 0 radical (unpaired) electrons. The Kier molecular flexibility index (Phi) is 8.53. The highest BCUT2D eigenvalue weighted by Crippen LogP contribution is 2.45. The van der Waals surface area contributed by atoms with Crippen LogP contribution in [-0.4, -0.2) is 4.40 Å². The smallest absolute Gasteiger partial charge is 0.0625 e. The topological polar surface area (TPSA) is 7.65 Å². The van der Waals surface area contributed by atoms with Crippen LogP contribution in [-0.2, 0) is 0 Å². The molecule has 0 bridgehead atoms. The number of hydrogen-bond donors (Lipinski definition) is 0. The first-order chi connectivity index (χ1) is 30.8. The summed E-state index contributed by atoms with van der Waals surface area (Å²) < 4.78 is 2.49. The van der Waals surface area contributed by atoms with Gasteiger partial charge in [0.1, 0.15) is 0 Å². The first-order valence-corrected chi connectivity index (χ1v) is 21.3. The number of hydrogen-bond acceptors (Lipinski definition) is 1. The van der Waals surface area contributed by atoms with Gasteiger partial charge in [0.25, 0.3) is 0 Å². The van der Waals surface area contributed by atoms with Crippen LogP contribution in [0.5, 0.6) is 0 Å². The van der Waals surface area contributed by atoms with Gasteiger partial charge in [-0.3, -0.25) is 0 Å². The largest absolute Gasteiger partial charge is 0.310 e. The first kappa shape index (κ1) is 35.7. The summed E-state index contributed by atoms with van der Waals surface area (Å²) in [5.41, 5.74) is 16.7. The lowest BCUT2D eigenvalue weighted by Gasteiger charge is -2.27. The zero-order valence-electron chi connectivity index (χ0n) is 34.0. The molecule has 2 heterocycles. The van der Waals surface area contributed by atoms with Crippen LogP contribution in [0, 0.1) is 0 Å². The predicted octanol–water partition coefficient (Wildman–Crippen LogP) is 16.7. The number of fused-ring (bicyclic) bond motifs is 9.